The quantitative estimate of drug-likeness (QED) is 0.772. The van der Waals surface area contributed by atoms with Gasteiger partial charge in [-0.2, -0.15) is 0 Å². The maximum atomic E-state index is 12.8. The molecule has 1 aromatic heterocycles. The molecule has 4 rings (SSSR count). The fraction of sp³-hybridized carbons (Fsp3) is 0.591. The first kappa shape index (κ1) is 19.1. The lowest BCUT2D eigenvalue weighted by molar-refractivity contribution is 0.0926. The van der Waals surface area contributed by atoms with Crippen molar-refractivity contribution in [2.75, 3.05) is 13.1 Å². The minimum absolute atomic E-state index is 0.0598. The predicted molar refractivity (Wildman–Crippen MR) is 109 cm³/mol. The Balaban J connectivity index is 1.43. The molecule has 2 N–H and O–H groups in total. The standard InChI is InChI=1S/C22H31N5O/c1-15(2)13-16-3-5-17(6-4-16)21(18-7-8-18)24-22(28)20-14-27(26-25-20)19-9-11-23-12-10-19/h3-6,14-15,18-19,21,23H,7-13H2,1-2H3,(H,24,28). The summed E-state index contributed by atoms with van der Waals surface area (Å²) < 4.78 is 1.86. The van der Waals surface area contributed by atoms with Crippen LogP contribution in [0.15, 0.2) is 30.5 Å². The minimum Gasteiger partial charge on any atom is -0.344 e. The Bertz CT molecular complexity index is 788. The van der Waals surface area contributed by atoms with Crippen LogP contribution >= 0.6 is 0 Å². The molecule has 1 atom stereocenters. The molecule has 1 saturated carbocycles. The molecule has 1 aliphatic carbocycles. The number of carbonyl (C=O) groups excluding carboxylic acids is 1. The van der Waals surface area contributed by atoms with E-state index in [-0.39, 0.29) is 11.9 Å². The highest BCUT2D eigenvalue weighted by molar-refractivity contribution is 5.92. The molecule has 2 aromatic rings. The van der Waals surface area contributed by atoms with Gasteiger partial charge in [0.15, 0.2) is 5.69 Å². The van der Waals surface area contributed by atoms with Crippen molar-refractivity contribution in [3.8, 4) is 0 Å². The van der Waals surface area contributed by atoms with Crippen LogP contribution in [-0.4, -0.2) is 34.0 Å². The molecule has 1 aliphatic heterocycles. The van der Waals surface area contributed by atoms with Gasteiger partial charge in [0.2, 0.25) is 0 Å². The van der Waals surface area contributed by atoms with Crippen LogP contribution in [0.2, 0.25) is 0 Å². The summed E-state index contributed by atoms with van der Waals surface area (Å²) >= 11 is 0. The van der Waals surface area contributed by atoms with Crippen LogP contribution < -0.4 is 10.6 Å². The molecule has 1 aromatic carbocycles. The number of hydrogen-bond donors (Lipinski definition) is 2. The predicted octanol–water partition coefficient (Wildman–Crippen LogP) is 3.28. The highest BCUT2D eigenvalue weighted by Gasteiger charge is 2.34. The summed E-state index contributed by atoms with van der Waals surface area (Å²) in [6.07, 6.45) is 7.28. The van der Waals surface area contributed by atoms with Crippen molar-refractivity contribution < 1.29 is 4.79 Å². The number of benzene rings is 1. The lowest BCUT2D eigenvalue weighted by atomic mass is 9.97. The van der Waals surface area contributed by atoms with Crippen molar-refractivity contribution in [1.29, 1.82) is 0 Å². The molecule has 1 saturated heterocycles. The van der Waals surface area contributed by atoms with E-state index in [0.717, 1.165) is 32.4 Å². The molecule has 0 spiro atoms. The zero-order valence-electron chi connectivity index (χ0n) is 16.9. The number of carbonyl (C=O) groups is 1. The molecule has 150 valence electrons. The Kier molecular flexibility index (Phi) is 5.76. The fourth-order valence-corrected chi connectivity index (χ4v) is 4.08. The van der Waals surface area contributed by atoms with E-state index in [9.17, 15) is 4.79 Å². The van der Waals surface area contributed by atoms with Crippen LogP contribution in [0.1, 0.15) is 73.2 Å². The summed E-state index contributed by atoms with van der Waals surface area (Å²) in [5, 5.41) is 14.9. The van der Waals surface area contributed by atoms with Gasteiger partial charge in [-0.05, 0) is 68.2 Å². The van der Waals surface area contributed by atoms with Crippen LogP contribution in [0, 0.1) is 11.8 Å². The first-order valence-electron chi connectivity index (χ1n) is 10.6. The van der Waals surface area contributed by atoms with Gasteiger partial charge in [-0.15, -0.1) is 5.10 Å². The summed E-state index contributed by atoms with van der Waals surface area (Å²) in [4.78, 5) is 12.8. The number of hydrogen-bond acceptors (Lipinski definition) is 4. The van der Waals surface area contributed by atoms with Gasteiger partial charge in [0.05, 0.1) is 18.3 Å². The lowest BCUT2D eigenvalue weighted by Crippen LogP contribution is -2.30. The molecule has 6 nitrogen and oxygen atoms in total. The summed E-state index contributed by atoms with van der Waals surface area (Å²) in [5.41, 5.74) is 2.96. The van der Waals surface area contributed by atoms with Crippen molar-refractivity contribution in [2.24, 2.45) is 11.8 Å². The van der Waals surface area contributed by atoms with Crippen LogP contribution in [0.5, 0.6) is 0 Å². The van der Waals surface area contributed by atoms with Gasteiger partial charge < -0.3 is 10.6 Å². The fourth-order valence-electron chi connectivity index (χ4n) is 4.08. The lowest BCUT2D eigenvalue weighted by Gasteiger charge is -2.22. The highest BCUT2D eigenvalue weighted by atomic mass is 16.2. The second-order valence-electron chi connectivity index (χ2n) is 8.69. The second-order valence-corrected chi connectivity index (χ2v) is 8.69. The molecule has 0 bridgehead atoms. The molecule has 2 heterocycles. The van der Waals surface area contributed by atoms with Crippen molar-refractivity contribution in [2.45, 2.75) is 58.0 Å². The van der Waals surface area contributed by atoms with Gasteiger partial charge in [-0.1, -0.05) is 43.3 Å². The third-order valence-corrected chi connectivity index (χ3v) is 5.79. The minimum atomic E-state index is -0.122. The molecule has 2 aliphatic rings. The normalized spacial score (nSPS) is 19.0. The highest BCUT2D eigenvalue weighted by Crippen LogP contribution is 2.41. The van der Waals surface area contributed by atoms with E-state index in [1.807, 2.05) is 4.68 Å². The number of rotatable bonds is 7. The Labute approximate surface area is 167 Å². The number of nitrogens with zero attached hydrogens (tertiary/aromatic N) is 3. The molecule has 6 heteroatoms. The van der Waals surface area contributed by atoms with Gasteiger partial charge in [0.1, 0.15) is 0 Å². The van der Waals surface area contributed by atoms with Gasteiger partial charge in [0, 0.05) is 0 Å². The van der Waals surface area contributed by atoms with Gasteiger partial charge in [-0.3, -0.25) is 4.79 Å². The van der Waals surface area contributed by atoms with E-state index >= 15 is 0 Å². The number of piperidine rings is 1. The number of aromatic nitrogens is 3. The zero-order chi connectivity index (χ0) is 19.5. The molecular formula is C22H31N5O. The van der Waals surface area contributed by atoms with Gasteiger partial charge in [-0.25, -0.2) is 4.68 Å². The summed E-state index contributed by atoms with van der Waals surface area (Å²) in [7, 11) is 0. The van der Waals surface area contributed by atoms with Crippen molar-refractivity contribution in [3.05, 3.63) is 47.3 Å². The van der Waals surface area contributed by atoms with E-state index in [1.165, 1.54) is 24.0 Å². The van der Waals surface area contributed by atoms with Crippen LogP contribution in [0.3, 0.4) is 0 Å². The second kappa shape index (κ2) is 8.43. The summed E-state index contributed by atoms with van der Waals surface area (Å²) in [5.74, 6) is 1.05. The van der Waals surface area contributed by atoms with E-state index in [0.29, 0.717) is 23.6 Å². The number of nitrogens with one attached hydrogen (secondary N) is 2. The van der Waals surface area contributed by atoms with Gasteiger partial charge in [0.25, 0.3) is 5.91 Å². The monoisotopic (exact) mass is 381 g/mol. The molecule has 0 radical (unpaired) electrons. The Morgan fingerprint density at radius 3 is 2.54 bits per heavy atom. The van der Waals surface area contributed by atoms with Crippen molar-refractivity contribution in [3.63, 3.8) is 0 Å². The average Bonchev–Trinajstić information content (AvgIpc) is 3.42. The molecule has 28 heavy (non-hydrogen) atoms. The maximum Gasteiger partial charge on any atom is 0.273 e. The van der Waals surface area contributed by atoms with Crippen LogP contribution in [-0.2, 0) is 6.42 Å². The first-order valence-corrected chi connectivity index (χ1v) is 10.6. The van der Waals surface area contributed by atoms with E-state index < -0.39 is 0 Å². The van der Waals surface area contributed by atoms with E-state index in [1.54, 1.807) is 6.20 Å². The molecule has 1 unspecified atom stereocenters. The van der Waals surface area contributed by atoms with Gasteiger partial charge >= 0.3 is 0 Å². The largest absolute Gasteiger partial charge is 0.344 e. The van der Waals surface area contributed by atoms with E-state index in [2.05, 4.69) is 59.1 Å². The third-order valence-electron chi connectivity index (χ3n) is 5.79. The van der Waals surface area contributed by atoms with Crippen LogP contribution in [0.4, 0.5) is 0 Å². The van der Waals surface area contributed by atoms with E-state index in [4.69, 9.17) is 0 Å². The SMILES string of the molecule is CC(C)Cc1ccc(C(NC(=O)c2cn(C3CCNCC3)nn2)C2CC2)cc1. The Hall–Kier alpha value is -2.21. The summed E-state index contributed by atoms with van der Waals surface area (Å²) in [6.45, 7) is 6.45. The first-order chi connectivity index (χ1) is 13.6. The van der Waals surface area contributed by atoms with Crippen LogP contribution in [0.25, 0.3) is 0 Å². The number of amides is 1. The Morgan fingerprint density at radius 2 is 1.89 bits per heavy atom. The average molecular weight is 382 g/mol. The zero-order valence-corrected chi connectivity index (χ0v) is 16.9. The van der Waals surface area contributed by atoms with Crippen molar-refractivity contribution >= 4 is 5.91 Å². The Morgan fingerprint density at radius 1 is 1.18 bits per heavy atom. The molecule has 2 fully saturated rings. The summed E-state index contributed by atoms with van der Waals surface area (Å²) in [6, 6.07) is 9.14. The van der Waals surface area contributed by atoms with Crippen molar-refractivity contribution in [1.82, 2.24) is 25.6 Å². The molecular weight excluding hydrogens is 350 g/mol. The maximum absolute atomic E-state index is 12.8. The smallest absolute Gasteiger partial charge is 0.273 e. The molecule has 1 amide bonds. The third kappa shape index (κ3) is 4.61. The topological polar surface area (TPSA) is 71.8 Å².